The van der Waals surface area contributed by atoms with Crippen LogP contribution in [0.1, 0.15) is 47.8 Å². The Morgan fingerprint density at radius 1 is 1.12 bits per heavy atom. The molecule has 134 valence electrons. The van der Waals surface area contributed by atoms with Crippen LogP contribution in [0.5, 0.6) is 0 Å². The molecule has 1 amide bonds. The number of fused-ring (bicyclic) bond motifs is 1. The van der Waals surface area contributed by atoms with E-state index in [2.05, 4.69) is 61.5 Å². The Balaban J connectivity index is 1.75. The summed E-state index contributed by atoms with van der Waals surface area (Å²) in [6, 6.07) is 13.6. The second-order valence-electron chi connectivity index (χ2n) is 7.38. The third-order valence-electron chi connectivity index (χ3n) is 4.93. The van der Waals surface area contributed by atoms with Gasteiger partial charge in [-0.05, 0) is 63.1 Å². The number of carbonyl (C=O) groups excluding carboxylic acids is 1. The maximum atomic E-state index is 12.1. The molecule has 0 atom stereocenters. The first-order valence-corrected chi connectivity index (χ1v) is 8.76. The summed E-state index contributed by atoms with van der Waals surface area (Å²) in [5.74, 6) is -0.211. The van der Waals surface area contributed by atoms with Gasteiger partial charge in [-0.1, -0.05) is 29.8 Å². The second-order valence-corrected chi connectivity index (χ2v) is 7.38. The fourth-order valence-corrected chi connectivity index (χ4v) is 3.19. The molecule has 1 heterocycles. The second kappa shape index (κ2) is 6.79. The summed E-state index contributed by atoms with van der Waals surface area (Å²) in [5, 5.41) is 4.10. The van der Waals surface area contributed by atoms with Gasteiger partial charge in [0.15, 0.2) is 0 Å². The minimum absolute atomic E-state index is 0.00526. The van der Waals surface area contributed by atoms with Crippen LogP contribution in [0.15, 0.2) is 53.6 Å². The van der Waals surface area contributed by atoms with Gasteiger partial charge in [-0.2, -0.15) is 5.10 Å². The third-order valence-corrected chi connectivity index (χ3v) is 4.93. The van der Waals surface area contributed by atoms with Crippen LogP contribution in [0.4, 0.5) is 5.69 Å². The SMILES string of the molecule is CC1=CC(C)(C)N(C)c2ccc(/C=N\NC(=O)c3ccc(C)cc3)cc21. The van der Waals surface area contributed by atoms with Crippen molar-refractivity contribution < 1.29 is 4.79 Å². The number of hydrogen-bond donors (Lipinski definition) is 1. The molecule has 1 aliphatic heterocycles. The summed E-state index contributed by atoms with van der Waals surface area (Å²) in [6.07, 6.45) is 3.95. The molecule has 1 aliphatic rings. The van der Waals surface area contributed by atoms with Gasteiger partial charge in [-0.3, -0.25) is 4.79 Å². The van der Waals surface area contributed by atoms with Crippen molar-refractivity contribution in [1.82, 2.24) is 5.43 Å². The van der Waals surface area contributed by atoms with Gasteiger partial charge < -0.3 is 4.90 Å². The topological polar surface area (TPSA) is 44.7 Å². The molecule has 2 aromatic carbocycles. The standard InChI is InChI=1S/C22H25N3O/c1-15-6-9-18(10-7-15)21(26)24-23-14-17-8-11-20-19(12-17)16(2)13-22(3,4)25(20)5/h6-14H,1-5H3,(H,24,26)/b23-14-. The number of benzene rings is 2. The molecule has 3 rings (SSSR count). The first-order chi connectivity index (χ1) is 12.3. The molecule has 0 saturated heterocycles. The maximum Gasteiger partial charge on any atom is 0.271 e. The Kier molecular flexibility index (Phi) is 4.68. The van der Waals surface area contributed by atoms with Gasteiger partial charge in [0.25, 0.3) is 5.91 Å². The number of likely N-dealkylation sites (N-methyl/N-ethyl adjacent to an activating group) is 1. The highest BCUT2D eigenvalue weighted by atomic mass is 16.2. The Labute approximate surface area is 155 Å². The summed E-state index contributed by atoms with van der Waals surface area (Å²) in [7, 11) is 2.11. The van der Waals surface area contributed by atoms with Gasteiger partial charge in [0.1, 0.15) is 0 Å². The summed E-state index contributed by atoms with van der Waals surface area (Å²) in [6.45, 7) is 8.53. The van der Waals surface area contributed by atoms with E-state index in [1.807, 2.05) is 25.1 Å². The van der Waals surface area contributed by atoms with E-state index >= 15 is 0 Å². The lowest BCUT2D eigenvalue weighted by atomic mass is 9.89. The van der Waals surface area contributed by atoms with E-state index in [0.29, 0.717) is 5.56 Å². The lowest BCUT2D eigenvalue weighted by Gasteiger charge is -2.40. The minimum atomic E-state index is -0.211. The average Bonchev–Trinajstić information content (AvgIpc) is 2.60. The normalized spacial score (nSPS) is 15.6. The van der Waals surface area contributed by atoms with E-state index in [4.69, 9.17) is 0 Å². The molecule has 0 spiro atoms. The van der Waals surface area contributed by atoms with Crippen molar-refractivity contribution in [3.63, 3.8) is 0 Å². The summed E-state index contributed by atoms with van der Waals surface area (Å²) in [5.41, 5.74) is 8.90. The molecule has 0 bridgehead atoms. The molecular formula is C22H25N3O. The fourth-order valence-electron chi connectivity index (χ4n) is 3.19. The average molecular weight is 347 g/mol. The van der Waals surface area contributed by atoms with Gasteiger partial charge in [0.05, 0.1) is 11.8 Å². The van der Waals surface area contributed by atoms with Gasteiger partial charge >= 0.3 is 0 Å². The van der Waals surface area contributed by atoms with E-state index in [1.54, 1.807) is 18.3 Å². The first kappa shape index (κ1) is 17.9. The molecule has 0 aromatic heterocycles. The Hall–Kier alpha value is -2.88. The van der Waals surface area contributed by atoms with E-state index < -0.39 is 0 Å². The van der Waals surface area contributed by atoms with Crippen molar-refractivity contribution >= 4 is 23.4 Å². The highest BCUT2D eigenvalue weighted by Crippen LogP contribution is 2.37. The molecule has 4 nitrogen and oxygen atoms in total. The van der Waals surface area contributed by atoms with E-state index in [-0.39, 0.29) is 11.4 Å². The molecular weight excluding hydrogens is 322 g/mol. The molecule has 0 unspecified atom stereocenters. The van der Waals surface area contributed by atoms with Gasteiger partial charge in [-0.25, -0.2) is 5.43 Å². The van der Waals surface area contributed by atoms with Gasteiger partial charge in [0.2, 0.25) is 0 Å². The van der Waals surface area contributed by atoms with Crippen LogP contribution in [0.25, 0.3) is 5.57 Å². The number of anilines is 1. The number of aryl methyl sites for hydroxylation is 1. The van der Waals surface area contributed by atoms with Crippen molar-refractivity contribution in [2.24, 2.45) is 5.10 Å². The number of amides is 1. The molecule has 0 aliphatic carbocycles. The van der Waals surface area contributed by atoms with Crippen molar-refractivity contribution in [3.05, 3.63) is 70.8 Å². The van der Waals surface area contributed by atoms with Crippen LogP contribution < -0.4 is 10.3 Å². The third kappa shape index (κ3) is 3.54. The summed E-state index contributed by atoms with van der Waals surface area (Å²) in [4.78, 5) is 14.4. The number of hydrazone groups is 1. The highest BCUT2D eigenvalue weighted by molar-refractivity contribution is 5.95. The number of allylic oxidation sites excluding steroid dienone is 1. The van der Waals surface area contributed by atoms with E-state index in [9.17, 15) is 4.79 Å². The highest BCUT2D eigenvalue weighted by Gasteiger charge is 2.28. The van der Waals surface area contributed by atoms with Crippen LogP contribution >= 0.6 is 0 Å². The predicted molar refractivity (Wildman–Crippen MR) is 109 cm³/mol. The lowest BCUT2D eigenvalue weighted by Crippen LogP contribution is -2.42. The monoisotopic (exact) mass is 347 g/mol. The number of rotatable bonds is 3. The Morgan fingerprint density at radius 3 is 2.50 bits per heavy atom. The molecule has 4 heteroatoms. The largest absolute Gasteiger partial charge is 0.366 e. The smallest absolute Gasteiger partial charge is 0.271 e. The zero-order valence-corrected chi connectivity index (χ0v) is 16.0. The zero-order valence-electron chi connectivity index (χ0n) is 16.0. The molecule has 0 fully saturated rings. The number of hydrogen-bond acceptors (Lipinski definition) is 3. The Bertz CT molecular complexity index is 892. The van der Waals surface area contributed by atoms with Crippen molar-refractivity contribution in [2.45, 2.75) is 33.2 Å². The number of nitrogens with zero attached hydrogens (tertiary/aromatic N) is 2. The van der Waals surface area contributed by atoms with Crippen LogP contribution in [-0.4, -0.2) is 24.7 Å². The van der Waals surface area contributed by atoms with Crippen LogP contribution in [0.2, 0.25) is 0 Å². The quantitative estimate of drug-likeness (QED) is 0.661. The summed E-state index contributed by atoms with van der Waals surface area (Å²) >= 11 is 0. The van der Waals surface area contributed by atoms with Crippen molar-refractivity contribution in [1.29, 1.82) is 0 Å². The van der Waals surface area contributed by atoms with Gasteiger partial charge in [0, 0.05) is 23.9 Å². The van der Waals surface area contributed by atoms with Crippen LogP contribution in [0, 0.1) is 6.92 Å². The zero-order chi connectivity index (χ0) is 18.9. The summed E-state index contributed by atoms with van der Waals surface area (Å²) < 4.78 is 0. The van der Waals surface area contributed by atoms with Crippen LogP contribution in [0.3, 0.4) is 0 Å². The van der Waals surface area contributed by atoms with Crippen molar-refractivity contribution in [2.75, 3.05) is 11.9 Å². The lowest BCUT2D eigenvalue weighted by molar-refractivity contribution is 0.0955. The first-order valence-electron chi connectivity index (χ1n) is 8.76. The van der Waals surface area contributed by atoms with Crippen LogP contribution in [-0.2, 0) is 0 Å². The molecule has 26 heavy (non-hydrogen) atoms. The van der Waals surface area contributed by atoms with E-state index in [1.165, 1.54) is 16.8 Å². The fraction of sp³-hybridized carbons (Fsp3) is 0.273. The Morgan fingerprint density at radius 2 is 1.81 bits per heavy atom. The predicted octanol–water partition coefficient (Wildman–Crippen LogP) is 4.39. The van der Waals surface area contributed by atoms with E-state index in [0.717, 1.165) is 11.1 Å². The van der Waals surface area contributed by atoms with Gasteiger partial charge in [-0.15, -0.1) is 0 Å². The molecule has 1 N–H and O–H groups in total. The van der Waals surface area contributed by atoms with Crippen molar-refractivity contribution in [3.8, 4) is 0 Å². The maximum absolute atomic E-state index is 12.1. The molecule has 0 saturated carbocycles. The number of carbonyl (C=O) groups is 1. The molecule has 2 aromatic rings. The number of nitrogens with one attached hydrogen (secondary N) is 1. The minimum Gasteiger partial charge on any atom is -0.366 e. The molecule has 0 radical (unpaired) electrons.